The largest absolute Gasteiger partial charge is 0.496 e. The molecule has 1 heterocycles. The van der Waals surface area contributed by atoms with Crippen molar-refractivity contribution < 1.29 is 14.4 Å². The molecule has 0 aliphatic carbocycles. The number of methoxy groups -OCH3 is 1. The number of para-hydroxylation sites is 1. The Bertz CT molecular complexity index is 816. The van der Waals surface area contributed by atoms with Crippen molar-refractivity contribution in [2.24, 2.45) is 0 Å². The fourth-order valence-electron chi connectivity index (χ4n) is 2.88. The predicted octanol–water partition coefficient (Wildman–Crippen LogP) is 4.13. The minimum atomic E-state index is -0.153. The number of aryl methyl sites for hydroxylation is 2. The lowest BCUT2D eigenvalue weighted by Crippen LogP contribution is -1.94. The molecule has 0 aliphatic heterocycles. The van der Waals surface area contributed by atoms with Crippen LogP contribution in [0.5, 0.6) is 5.75 Å². The van der Waals surface area contributed by atoms with Crippen molar-refractivity contribution in [2.75, 3.05) is 7.11 Å². The van der Waals surface area contributed by atoms with Crippen LogP contribution in [0.4, 0.5) is 0 Å². The summed E-state index contributed by atoms with van der Waals surface area (Å²) in [6, 6.07) is 13.6. The van der Waals surface area contributed by atoms with Crippen LogP contribution in [0.1, 0.15) is 16.7 Å². The summed E-state index contributed by atoms with van der Waals surface area (Å²) in [6.45, 7) is 3.89. The van der Waals surface area contributed by atoms with Gasteiger partial charge >= 0.3 is 0 Å². The summed E-state index contributed by atoms with van der Waals surface area (Å²) < 4.78 is 11.0. The summed E-state index contributed by atoms with van der Waals surface area (Å²) in [5, 5.41) is 14.1. The van der Waals surface area contributed by atoms with Gasteiger partial charge in [0.25, 0.3) is 0 Å². The molecule has 0 bridgehead atoms. The standard InChI is InChI=1S/C19H19NO3/c1-12-7-6-8-13(2)17(12)19-15(11-21)18(20-23-19)14-9-4-5-10-16(14)22-3/h4-10,21H,11H2,1-3H3. The van der Waals surface area contributed by atoms with Crippen molar-refractivity contribution in [3.05, 3.63) is 59.2 Å². The number of hydrogen-bond acceptors (Lipinski definition) is 4. The van der Waals surface area contributed by atoms with Gasteiger partial charge < -0.3 is 14.4 Å². The van der Waals surface area contributed by atoms with Crippen LogP contribution in [0.25, 0.3) is 22.6 Å². The van der Waals surface area contributed by atoms with E-state index < -0.39 is 0 Å². The Morgan fingerprint density at radius 1 is 1.04 bits per heavy atom. The summed E-state index contributed by atoms with van der Waals surface area (Å²) in [5.74, 6) is 1.31. The molecule has 3 rings (SSSR count). The quantitative estimate of drug-likeness (QED) is 0.787. The average Bonchev–Trinajstić information content (AvgIpc) is 2.98. The average molecular weight is 309 g/mol. The van der Waals surface area contributed by atoms with Gasteiger partial charge in [-0.15, -0.1) is 0 Å². The van der Waals surface area contributed by atoms with Gasteiger partial charge in [-0.25, -0.2) is 0 Å². The van der Waals surface area contributed by atoms with Crippen LogP contribution in [0.15, 0.2) is 47.0 Å². The number of benzene rings is 2. The molecule has 0 fully saturated rings. The molecule has 0 aliphatic rings. The Labute approximate surface area is 135 Å². The molecule has 118 valence electrons. The molecule has 0 saturated heterocycles. The second-order valence-electron chi connectivity index (χ2n) is 5.46. The molecular formula is C19H19NO3. The maximum absolute atomic E-state index is 9.92. The molecule has 0 spiro atoms. The first-order valence-electron chi connectivity index (χ1n) is 7.46. The third-order valence-electron chi connectivity index (χ3n) is 4.02. The molecule has 0 saturated carbocycles. The maximum Gasteiger partial charge on any atom is 0.173 e. The van der Waals surface area contributed by atoms with Crippen molar-refractivity contribution in [3.63, 3.8) is 0 Å². The Kier molecular flexibility index (Phi) is 4.17. The highest BCUT2D eigenvalue weighted by Crippen LogP contribution is 2.38. The molecule has 0 amide bonds. The fourth-order valence-corrected chi connectivity index (χ4v) is 2.88. The van der Waals surface area contributed by atoms with Gasteiger partial charge in [-0.1, -0.05) is 35.5 Å². The molecule has 4 nitrogen and oxygen atoms in total. The Balaban J connectivity index is 2.22. The van der Waals surface area contributed by atoms with Gasteiger partial charge in [0.2, 0.25) is 0 Å². The molecule has 0 atom stereocenters. The lowest BCUT2D eigenvalue weighted by molar-refractivity contribution is 0.281. The topological polar surface area (TPSA) is 55.5 Å². The zero-order chi connectivity index (χ0) is 16.4. The van der Waals surface area contributed by atoms with Gasteiger partial charge in [0.15, 0.2) is 5.76 Å². The normalized spacial score (nSPS) is 10.8. The molecule has 3 aromatic rings. The van der Waals surface area contributed by atoms with Gasteiger partial charge in [0.1, 0.15) is 11.4 Å². The van der Waals surface area contributed by atoms with Crippen LogP contribution in [-0.2, 0) is 6.61 Å². The second kappa shape index (κ2) is 6.26. The minimum Gasteiger partial charge on any atom is -0.496 e. The molecular weight excluding hydrogens is 290 g/mol. The van der Waals surface area contributed by atoms with Gasteiger partial charge in [0.05, 0.1) is 19.3 Å². The van der Waals surface area contributed by atoms with Crippen LogP contribution in [0.2, 0.25) is 0 Å². The molecule has 1 N–H and O–H groups in total. The van der Waals surface area contributed by atoms with Gasteiger partial charge in [-0.3, -0.25) is 0 Å². The molecule has 0 unspecified atom stereocenters. The number of rotatable bonds is 4. The van der Waals surface area contributed by atoms with E-state index in [0.29, 0.717) is 22.8 Å². The lowest BCUT2D eigenvalue weighted by Gasteiger charge is -2.09. The predicted molar refractivity (Wildman–Crippen MR) is 89.3 cm³/mol. The smallest absolute Gasteiger partial charge is 0.173 e. The number of aliphatic hydroxyl groups is 1. The van der Waals surface area contributed by atoms with E-state index in [1.807, 2.05) is 56.3 Å². The van der Waals surface area contributed by atoms with Crippen LogP contribution < -0.4 is 4.74 Å². The summed E-state index contributed by atoms with van der Waals surface area (Å²) in [5.41, 5.74) is 5.24. The SMILES string of the molecule is COc1ccccc1-c1noc(-c2c(C)cccc2C)c1CO. The van der Waals surface area contributed by atoms with E-state index >= 15 is 0 Å². The molecule has 23 heavy (non-hydrogen) atoms. The summed E-state index contributed by atoms with van der Waals surface area (Å²) in [7, 11) is 1.62. The fraction of sp³-hybridized carbons (Fsp3) is 0.211. The highest BCUT2D eigenvalue weighted by atomic mass is 16.5. The number of nitrogens with zero attached hydrogens (tertiary/aromatic N) is 1. The highest BCUT2D eigenvalue weighted by Gasteiger charge is 2.22. The Morgan fingerprint density at radius 3 is 2.39 bits per heavy atom. The number of ether oxygens (including phenoxy) is 1. The maximum atomic E-state index is 9.92. The van der Waals surface area contributed by atoms with Crippen LogP contribution in [-0.4, -0.2) is 17.4 Å². The number of hydrogen-bond donors (Lipinski definition) is 1. The van der Waals surface area contributed by atoms with Gasteiger partial charge in [-0.05, 0) is 37.1 Å². The summed E-state index contributed by atoms with van der Waals surface area (Å²) in [4.78, 5) is 0. The van der Waals surface area contributed by atoms with E-state index in [2.05, 4.69) is 5.16 Å². The summed E-state index contributed by atoms with van der Waals surface area (Å²) >= 11 is 0. The van der Waals surface area contributed by atoms with Crippen molar-refractivity contribution in [1.29, 1.82) is 0 Å². The van der Waals surface area contributed by atoms with Crippen molar-refractivity contribution in [2.45, 2.75) is 20.5 Å². The summed E-state index contributed by atoms with van der Waals surface area (Å²) in [6.07, 6.45) is 0. The first-order valence-corrected chi connectivity index (χ1v) is 7.46. The number of aromatic nitrogens is 1. The van der Waals surface area contributed by atoms with Gasteiger partial charge in [-0.2, -0.15) is 0 Å². The molecule has 4 heteroatoms. The highest BCUT2D eigenvalue weighted by molar-refractivity contribution is 5.78. The van der Waals surface area contributed by atoms with E-state index in [4.69, 9.17) is 9.26 Å². The van der Waals surface area contributed by atoms with Crippen molar-refractivity contribution in [1.82, 2.24) is 5.16 Å². The van der Waals surface area contributed by atoms with E-state index in [1.54, 1.807) is 7.11 Å². The Hall–Kier alpha value is -2.59. The molecule has 1 aromatic heterocycles. The first-order chi connectivity index (χ1) is 11.2. The second-order valence-corrected chi connectivity index (χ2v) is 5.46. The van der Waals surface area contributed by atoms with Crippen LogP contribution >= 0.6 is 0 Å². The van der Waals surface area contributed by atoms with E-state index in [-0.39, 0.29) is 6.61 Å². The van der Waals surface area contributed by atoms with E-state index in [9.17, 15) is 5.11 Å². The minimum absolute atomic E-state index is 0.153. The van der Waals surface area contributed by atoms with Gasteiger partial charge in [0, 0.05) is 11.1 Å². The van der Waals surface area contributed by atoms with Crippen LogP contribution in [0, 0.1) is 13.8 Å². The monoisotopic (exact) mass is 309 g/mol. The van der Waals surface area contributed by atoms with E-state index in [0.717, 1.165) is 22.3 Å². The zero-order valence-electron chi connectivity index (χ0n) is 13.5. The lowest BCUT2D eigenvalue weighted by atomic mass is 9.96. The first kappa shape index (κ1) is 15.3. The zero-order valence-corrected chi connectivity index (χ0v) is 13.5. The molecule has 2 aromatic carbocycles. The molecule has 0 radical (unpaired) electrons. The third-order valence-corrected chi connectivity index (χ3v) is 4.02. The van der Waals surface area contributed by atoms with Crippen molar-refractivity contribution >= 4 is 0 Å². The Morgan fingerprint density at radius 2 is 1.74 bits per heavy atom. The van der Waals surface area contributed by atoms with E-state index in [1.165, 1.54) is 0 Å². The third kappa shape index (κ3) is 2.62. The van der Waals surface area contributed by atoms with Crippen LogP contribution in [0.3, 0.4) is 0 Å². The number of aliphatic hydroxyl groups excluding tert-OH is 1. The van der Waals surface area contributed by atoms with Crippen molar-refractivity contribution in [3.8, 4) is 28.3 Å².